The SMILES string of the molecule is CC(C)(C)OC(=O)N1CCC[C@H]1c1ncc(-c2ccc(-c3ccc(-c4cnc([C@@H]5CCCN5O)[nH]4)cc3)cc2)[nH]1. The molecule has 2 aromatic heterocycles. The molecule has 2 aliphatic heterocycles. The molecule has 2 fully saturated rings. The lowest BCUT2D eigenvalue weighted by molar-refractivity contribution is -0.106. The lowest BCUT2D eigenvalue weighted by atomic mass is 10.0. The Morgan fingerprint density at radius 2 is 1.27 bits per heavy atom. The largest absolute Gasteiger partial charge is 0.444 e. The molecule has 2 aliphatic rings. The first-order chi connectivity index (χ1) is 19.2. The van der Waals surface area contributed by atoms with E-state index < -0.39 is 5.60 Å². The molecule has 40 heavy (non-hydrogen) atoms. The Morgan fingerprint density at radius 1 is 0.800 bits per heavy atom. The van der Waals surface area contributed by atoms with Crippen molar-refractivity contribution in [2.45, 2.75) is 64.1 Å². The maximum atomic E-state index is 12.7. The highest BCUT2D eigenvalue weighted by atomic mass is 16.6. The summed E-state index contributed by atoms with van der Waals surface area (Å²) in [6.07, 6.45) is 7.05. The maximum absolute atomic E-state index is 12.7. The van der Waals surface area contributed by atoms with Crippen LogP contribution in [0.4, 0.5) is 4.79 Å². The Labute approximate surface area is 234 Å². The van der Waals surface area contributed by atoms with Gasteiger partial charge in [-0.2, -0.15) is 5.06 Å². The van der Waals surface area contributed by atoms with Crippen LogP contribution in [-0.4, -0.2) is 59.9 Å². The first-order valence-corrected chi connectivity index (χ1v) is 14.0. The number of carbonyl (C=O) groups excluding carboxylic acids is 1. The van der Waals surface area contributed by atoms with Gasteiger partial charge in [-0.05, 0) is 68.7 Å². The number of aromatic nitrogens is 4. The predicted molar refractivity (Wildman–Crippen MR) is 152 cm³/mol. The van der Waals surface area contributed by atoms with Crippen LogP contribution in [0.15, 0.2) is 60.9 Å². The number of amides is 1. The normalized spacial score (nSPS) is 19.9. The average molecular weight is 541 g/mol. The number of likely N-dealkylation sites (tertiary alicyclic amines) is 1. The van der Waals surface area contributed by atoms with Crippen LogP contribution in [0.2, 0.25) is 0 Å². The van der Waals surface area contributed by atoms with E-state index in [1.807, 2.05) is 33.2 Å². The Balaban J connectivity index is 1.13. The number of hydrogen-bond acceptors (Lipinski definition) is 6. The van der Waals surface area contributed by atoms with Crippen LogP contribution in [0.25, 0.3) is 33.6 Å². The molecule has 1 amide bonds. The van der Waals surface area contributed by atoms with Gasteiger partial charge >= 0.3 is 6.09 Å². The van der Waals surface area contributed by atoms with Crippen LogP contribution in [0.3, 0.4) is 0 Å². The van der Waals surface area contributed by atoms with Crippen molar-refractivity contribution in [3.8, 4) is 33.6 Å². The fourth-order valence-corrected chi connectivity index (χ4v) is 5.61. The minimum Gasteiger partial charge on any atom is -0.444 e. The van der Waals surface area contributed by atoms with E-state index in [2.05, 4.69) is 68.5 Å². The first kappa shape index (κ1) is 26.3. The lowest BCUT2D eigenvalue weighted by Gasteiger charge is -2.27. The number of hydroxylamine groups is 2. The number of aromatic amines is 2. The van der Waals surface area contributed by atoms with Gasteiger partial charge in [0.05, 0.1) is 35.9 Å². The third-order valence-corrected chi connectivity index (χ3v) is 7.65. The molecule has 4 heterocycles. The van der Waals surface area contributed by atoms with E-state index >= 15 is 0 Å². The molecule has 6 rings (SSSR count). The minimum atomic E-state index is -0.527. The number of ether oxygens (including phenoxy) is 1. The topological polar surface area (TPSA) is 110 Å². The van der Waals surface area contributed by atoms with Gasteiger partial charge in [-0.1, -0.05) is 48.5 Å². The molecule has 0 aliphatic carbocycles. The summed E-state index contributed by atoms with van der Waals surface area (Å²) in [6, 6.07) is 16.6. The van der Waals surface area contributed by atoms with Crippen molar-refractivity contribution in [2.24, 2.45) is 0 Å². The smallest absolute Gasteiger partial charge is 0.410 e. The minimum absolute atomic E-state index is 0.0560. The van der Waals surface area contributed by atoms with Crippen molar-refractivity contribution in [2.75, 3.05) is 13.1 Å². The van der Waals surface area contributed by atoms with Crippen LogP contribution in [0.1, 0.15) is 70.2 Å². The van der Waals surface area contributed by atoms with Gasteiger partial charge in [0.25, 0.3) is 0 Å². The number of nitrogens with one attached hydrogen (secondary N) is 2. The Hall–Kier alpha value is -3.95. The molecule has 2 saturated heterocycles. The molecule has 0 saturated carbocycles. The number of H-pyrrole nitrogens is 2. The predicted octanol–water partition coefficient (Wildman–Crippen LogP) is 6.73. The molecule has 0 unspecified atom stereocenters. The molecule has 3 N–H and O–H groups in total. The number of rotatable bonds is 5. The van der Waals surface area contributed by atoms with Gasteiger partial charge < -0.3 is 19.9 Å². The molecule has 9 heteroatoms. The summed E-state index contributed by atoms with van der Waals surface area (Å²) in [4.78, 5) is 30.4. The monoisotopic (exact) mass is 540 g/mol. The van der Waals surface area contributed by atoms with Gasteiger partial charge in [-0.15, -0.1) is 0 Å². The van der Waals surface area contributed by atoms with Gasteiger partial charge in [0.2, 0.25) is 0 Å². The van der Waals surface area contributed by atoms with E-state index in [1.165, 1.54) is 5.06 Å². The third-order valence-electron chi connectivity index (χ3n) is 7.65. The molecule has 208 valence electrons. The molecule has 9 nitrogen and oxygen atoms in total. The highest BCUT2D eigenvalue weighted by Crippen LogP contribution is 2.34. The number of nitrogens with zero attached hydrogens (tertiary/aromatic N) is 4. The van der Waals surface area contributed by atoms with E-state index in [4.69, 9.17) is 4.74 Å². The molecule has 4 aromatic rings. The van der Waals surface area contributed by atoms with Gasteiger partial charge in [-0.25, -0.2) is 14.8 Å². The molecule has 0 radical (unpaired) electrons. The number of hydrogen-bond donors (Lipinski definition) is 3. The summed E-state index contributed by atoms with van der Waals surface area (Å²) in [5.74, 6) is 1.60. The Kier molecular flexibility index (Phi) is 6.93. The summed E-state index contributed by atoms with van der Waals surface area (Å²) >= 11 is 0. The quantitative estimate of drug-likeness (QED) is 0.259. The van der Waals surface area contributed by atoms with E-state index in [1.54, 1.807) is 4.90 Å². The van der Waals surface area contributed by atoms with Crippen molar-refractivity contribution in [1.29, 1.82) is 0 Å². The van der Waals surface area contributed by atoms with Gasteiger partial charge in [-0.3, -0.25) is 4.90 Å². The van der Waals surface area contributed by atoms with E-state index in [9.17, 15) is 10.0 Å². The number of carbonyl (C=O) groups is 1. The lowest BCUT2D eigenvalue weighted by Crippen LogP contribution is -2.36. The summed E-state index contributed by atoms with van der Waals surface area (Å²) in [5.41, 5.74) is 5.67. The molecule has 2 aromatic carbocycles. The fourth-order valence-electron chi connectivity index (χ4n) is 5.61. The third kappa shape index (κ3) is 5.39. The van der Waals surface area contributed by atoms with Crippen LogP contribution in [0.5, 0.6) is 0 Å². The second-order valence-electron chi connectivity index (χ2n) is 11.7. The molecular formula is C31H36N6O3. The zero-order valence-electron chi connectivity index (χ0n) is 23.2. The van der Waals surface area contributed by atoms with Crippen molar-refractivity contribution < 1.29 is 14.7 Å². The van der Waals surface area contributed by atoms with E-state index in [0.29, 0.717) is 13.1 Å². The van der Waals surface area contributed by atoms with Crippen LogP contribution in [0, 0.1) is 0 Å². The zero-order valence-corrected chi connectivity index (χ0v) is 23.2. The van der Waals surface area contributed by atoms with E-state index in [-0.39, 0.29) is 18.2 Å². The second kappa shape index (κ2) is 10.6. The molecule has 0 bridgehead atoms. The summed E-state index contributed by atoms with van der Waals surface area (Å²) in [5, 5.41) is 11.4. The maximum Gasteiger partial charge on any atom is 0.410 e. The van der Waals surface area contributed by atoms with Crippen LogP contribution >= 0.6 is 0 Å². The Bertz CT molecular complexity index is 1470. The number of benzene rings is 2. The van der Waals surface area contributed by atoms with Crippen molar-refractivity contribution in [1.82, 2.24) is 29.9 Å². The van der Waals surface area contributed by atoms with Gasteiger partial charge in [0, 0.05) is 13.1 Å². The van der Waals surface area contributed by atoms with Gasteiger partial charge in [0.1, 0.15) is 17.2 Å². The zero-order chi connectivity index (χ0) is 27.9. The average Bonchev–Trinajstić information content (AvgIpc) is 3.74. The van der Waals surface area contributed by atoms with Gasteiger partial charge in [0.15, 0.2) is 0 Å². The fraction of sp³-hybridized carbons (Fsp3) is 0.387. The molecule has 0 spiro atoms. The highest BCUT2D eigenvalue weighted by molar-refractivity contribution is 5.72. The summed E-state index contributed by atoms with van der Waals surface area (Å²) < 4.78 is 5.61. The summed E-state index contributed by atoms with van der Waals surface area (Å²) in [7, 11) is 0. The Morgan fingerprint density at radius 3 is 1.77 bits per heavy atom. The molecule has 2 atom stereocenters. The highest BCUT2D eigenvalue weighted by Gasteiger charge is 2.35. The number of imidazole rings is 2. The summed E-state index contributed by atoms with van der Waals surface area (Å²) in [6.45, 7) is 7.01. The van der Waals surface area contributed by atoms with E-state index in [0.717, 1.165) is 71.0 Å². The van der Waals surface area contributed by atoms with Crippen molar-refractivity contribution in [3.63, 3.8) is 0 Å². The first-order valence-electron chi connectivity index (χ1n) is 14.0. The van der Waals surface area contributed by atoms with Crippen molar-refractivity contribution in [3.05, 3.63) is 72.6 Å². The molecular weight excluding hydrogens is 504 g/mol. The van der Waals surface area contributed by atoms with Crippen LogP contribution < -0.4 is 0 Å². The van der Waals surface area contributed by atoms with Crippen LogP contribution in [-0.2, 0) is 4.74 Å². The second-order valence-corrected chi connectivity index (χ2v) is 11.7. The standard InChI is InChI=1S/C31H36N6O3/c1-31(2,3)40-30(38)36-16-4-6-26(36)28-32-18-24(34-28)22-12-8-20(9-13-22)21-10-14-23(15-11-21)25-19-33-29(35-25)27-7-5-17-37(27)39/h8-15,18-19,26-27,39H,4-7,16-17H2,1-3H3,(H,32,34)(H,33,35)/t26-,27-/m0/s1. The van der Waals surface area contributed by atoms with Crippen molar-refractivity contribution >= 4 is 6.09 Å².